The first-order valence-corrected chi connectivity index (χ1v) is 18.7. The Bertz CT molecular complexity index is 2440. The number of benzene rings is 4. The van der Waals surface area contributed by atoms with Gasteiger partial charge in [0, 0.05) is 22.1 Å². The lowest BCUT2D eigenvalue weighted by Crippen LogP contribution is -2.40. The van der Waals surface area contributed by atoms with Gasteiger partial charge in [0.1, 0.15) is 10.6 Å². The van der Waals surface area contributed by atoms with E-state index in [2.05, 4.69) is 0 Å². The molecule has 0 aliphatic carbocycles. The van der Waals surface area contributed by atoms with Gasteiger partial charge < -0.3 is 8.92 Å². The third kappa shape index (κ3) is 6.90. The zero-order valence-electron chi connectivity index (χ0n) is 26.9. The number of hydrogen-bond donors (Lipinski definition) is 0. The summed E-state index contributed by atoms with van der Waals surface area (Å²) in [7, 11) is -4.37. The molecule has 0 radical (unpaired) electrons. The minimum atomic E-state index is -4.37. The summed E-state index contributed by atoms with van der Waals surface area (Å²) in [5.74, 6) is -0.596. The van der Waals surface area contributed by atoms with Crippen molar-refractivity contribution >= 4 is 56.6 Å². The highest BCUT2D eigenvalue weighted by Gasteiger charge is 2.35. The van der Waals surface area contributed by atoms with Crippen molar-refractivity contribution in [1.29, 1.82) is 0 Å². The van der Waals surface area contributed by atoms with E-state index < -0.39 is 27.1 Å². The summed E-state index contributed by atoms with van der Waals surface area (Å²) in [6, 6.07) is 25.6. The van der Waals surface area contributed by atoms with Crippen molar-refractivity contribution in [2.24, 2.45) is 4.99 Å². The van der Waals surface area contributed by atoms with Gasteiger partial charge in [-0.2, -0.15) is 8.42 Å². The Morgan fingerprint density at radius 2 is 1.74 bits per heavy atom. The van der Waals surface area contributed by atoms with E-state index in [4.69, 9.17) is 13.9 Å². The van der Waals surface area contributed by atoms with Gasteiger partial charge >= 0.3 is 16.1 Å². The number of fused-ring (bicyclic) bond motifs is 1. The van der Waals surface area contributed by atoms with E-state index >= 15 is 0 Å². The van der Waals surface area contributed by atoms with Crippen molar-refractivity contribution in [2.75, 3.05) is 12.9 Å². The zero-order chi connectivity index (χ0) is 35.6. The number of nitro benzene ring substituents is 1. The molecule has 0 saturated heterocycles. The average Bonchev–Trinajstić information content (AvgIpc) is 3.42. The summed E-state index contributed by atoms with van der Waals surface area (Å²) in [4.78, 5) is 44.4. The summed E-state index contributed by atoms with van der Waals surface area (Å²) in [6.45, 7) is 3.37. The van der Waals surface area contributed by atoms with E-state index in [1.807, 2.05) is 60.9 Å². The van der Waals surface area contributed by atoms with E-state index in [9.17, 15) is 28.1 Å². The van der Waals surface area contributed by atoms with Crippen LogP contribution in [0.4, 0.5) is 5.69 Å². The number of carbonyl (C=O) groups is 1. The van der Waals surface area contributed by atoms with E-state index in [1.165, 1.54) is 35.8 Å². The molecule has 50 heavy (non-hydrogen) atoms. The molecule has 2 heterocycles. The number of hydrogen-bond acceptors (Lipinski definition) is 11. The molecule has 4 aromatic carbocycles. The van der Waals surface area contributed by atoms with Crippen LogP contribution in [0.3, 0.4) is 0 Å². The molecule has 5 aromatic rings. The van der Waals surface area contributed by atoms with Crippen LogP contribution in [-0.2, 0) is 19.6 Å². The number of nitro groups is 1. The zero-order valence-corrected chi connectivity index (χ0v) is 29.4. The fourth-order valence-electron chi connectivity index (χ4n) is 5.43. The molecular formula is C36H29N3O8S3. The van der Waals surface area contributed by atoms with Gasteiger partial charge in [0.15, 0.2) is 4.80 Å². The van der Waals surface area contributed by atoms with E-state index in [0.717, 1.165) is 22.3 Å². The Balaban J connectivity index is 1.42. The Morgan fingerprint density at radius 1 is 1.04 bits per heavy atom. The van der Waals surface area contributed by atoms with Gasteiger partial charge in [-0.25, -0.2) is 9.79 Å². The van der Waals surface area contributed by atoms with Crippen LogP contribution in [0.25, 0.3) is 11.8 Å². The number of aromatic nitrogens is 1. The lowest BCUT2D eigenvalue weighted by molar-refractivity contribution is -0.385. The minimum Gasteiger partial charge on any atom is -0.463 e. The molecule has 0 saturated carbocycles. The molecule has 0 fully saturated rings. The number of esters is 1. The predicted molar refractivity (Wildman–Crippen MR) is 191 cm³/mol. The van der Waals surface area contributed by atoms with Gasteiger partial charge in [-0.15, -0.1) is 11.8 Å². The minimum absolute atomic E-state index is 0.0212. The molecule has 0 N–H and O–H groups in total. The van der Waals surface area contributed by atoms with Crippen molar-refractivity contribution in [3.8, 4) is 5.75 Å². The Hall–Kier alpha value is -5.31. The van der Waals surface area contributed by atoms with Crippen molar-refractivity contribution in [3.63, 3.8) is 0 Å². The summed E-state index contributed by atoms with van der Waals surface area (Å²) in [6.07, 6.45) is 3.61. The van der Waals surface area contributed by atoms with Crippen LogP contribution in [0.5, 0.6) is 5.75 Å². The third-order valence-electron chi connectivity index (χ3n) is 7.85. The number of thioether (sulfide) groups is 1. The molecule has 0 spiro atoms. The van der Waals surface area contributed by atoms with Gasteiger partial charge in [0.05, 0.1) is 33.4 Å². The second-order valence-corrected chi connectivity index (χ2v) is 14.5. The normalized spacial score (nSPS) is 14.5. The van der Waals surface area contributed by atoms with Crippen molar-refractivity contribution in [2.45, 2.75) is 29.7 Å². The first-order chi connectivity index (χ1) is 24.0. The van der Waals surface area contributed by atoms with E-state index in [-0.39, 0.29) is 34.1 Å². The maximum atomic E-state index is 14.2. The summed E-state index contributed by atoms with van der Waals surface area (Å²) < 4.78 is 38.4. The standard InChI is InChI=1S/C36H29N3O8S3/c1-4-46-35(41)31-32(24-8-6-5-7-9-24)37-36-38(33(31)25-13-17-27(48-3)18-14-25)34(40)30(49-36)20-23-11-15-26(16-12-23)47-50(44,45)28-19-10-22(2)29(21-28)39(42)43/h5-21,33H,4H2,1-3H3/b30-20-/t33-/m1/s1. The topological polar surface area (TPSA) is 147 Å². The Labute approximate surface area is 295 Å². The molecule has 254 valence electrons. The maximum Gasteiger partial charge on any atom is 0.339 e. The molecular weight excluding hydrogens is 699 g/mol. The molecule has 6 rings (SSSR count). The third-order valence-corrected chi connectivity index (χ3v) is 10.8. The predicted octanol–water partition coefficient (Wildman–Crippen LogP) is 5.64. The highest BCUT2D eigenvalue weighted by atomic mass is 32.2. The molecule has 11 nitrogen and oxygen atoms in total. The highest BCUT2D eigenvalue weighted by Crippen LogP contribution is 2.36. The van der Waals surface area contributed by atoms with Gasteiger partial charge in [-0.3, -0.25) is 19.5 Å². The monoisotopic (exact) mass is 727 g/mol. The van der Waals surface area contributed by atoms with Crippen LogP contribution in [0, 0.1) is 17.0 Å². The summed E-state index contributed by atoms with van der Waals surface area (Å²) in [5, 5.41) is 11.3. The first-order valence-electron chi connectivity index (χ1n) is 15.2. The van der Waals surface area contributed by atoms with Gasteiger partial charge in [-0.05, 0) is 67.6 Å². The molecule has 1 aromatic heterocycles. The molecule has 0 unspecified atom stereocenters. The number of ether oxygens (including phenoxy) is 1. The van der Waals surface area contributed by atoms with E-state index in [1.54, 1.807) is 36.9 Å². The van der Waals surface area contributed by atoms with Crippen LogP contribution in [0.15, 0.2) is 122 Å². The van der Waals surface area contributed by atoms with E-state index in [0.29, 0.717) is 37.3 Å². The lowest BCUT2D eigenvalue weighted by atomic mass is 9.93. The SMILES string of the molecule is CCOC(=O)C1=C(c2ccccc2)N=c2s/c(=C\c3ccc(OS(=O)(=O)c4ccc(C)c([N+](=O)[O-])c4)cc3)c(=O)n2[C@@H]1c1ccc(SC)cc1. The van der Waals surface area contributed by atoms with Gasteiger partial charge in [0.2, 0.25) is 0 Å². The molecule has 14 heteroatoms. The van der Waals surface area contributed by atoms with Crippen molar-refractivity contribution in [1.82, 2.24) is 4.57 Å². The first kappa shape index (κ1) is 34.5. The average molecular weight is 728 g/mol. The molecule has 0 amide bonds. The smallest absolute Gasteiger partial charge is 0.339 e. The lowest BCUT2D eigenvalue weighted by Gasteiger charge is -2.26. The molecule has 1 atom stereocenters. The number of carbonyl (C=O) groups excluding carboxylic acids is 1. The molecule has 1 aliphatic heterocycles. The summed E-state index contributed by atoms with van der Waals surface area (Å²) >= 11 is 2.74. The fraction of sp³-hybridized carbons (Fsp3) is 0.139. The number of rotatable bonds is 10. The Morgan fingerprint density at radius 3 is 2.38 bits per heavy atom. The largest absolute Gasteiger partial charge is 0.463 e. The number of aryl methyl sites for hydroxylation is 1. The summed E-state index contributed by atoms with van der Waals surface area (Å²) in [5.41, 5.74) is 2.25. The number of nitrogens with zero attached hydrogens (tertiary/aromatic N) is 3. The maximum absolute atomic E-state index is 14.2. The van der Waals surface area contributed by atoms with Crippen LogP contribution >= 0.6 is 23.1 Å². The Kier molecular flexibility index (Phi) is 9.86. The molecule has 0 bridgehead atoms. The number of thiazole rings is 1. The highest BCUT2D eigenvalue weighted by molar-refractivity contribution is 7.98. The van der Waals surface area contributed by atoms with Gasteiger partial charge in [0.25, 0.3) is 11.2 Å². The van der Waals surface area contributed by atoms with Crippen LogP contribution in [0.1, 0.15) is 35.2 Å². The van der Waals surface area contributed by atoms with Gasteiger partial charge in [-0.1, -0.05) is 72.0 Å². The fourth-order valence-corrected chi connectivity index (χ4v) is 7.79. The second-order valence-electron chi connectivity index (χ2n) is 11.0. The van der Waals surface area contributed by atoms with Crippen LogP contribution in [-0.4, -0.2) is 36.7 Å². The van der Waals surface area contributed by atoms with Crippen molar-refractivity contribution in [3.05, 3.63) is 155 Å². The van der Waals surface area contributed by atoms with Crippen molar-refractivity contribution < 1.29 is 27.1 Å². The molecule has 1 aliphatic rings. The quantitative estimate of drug-likeness (QED) is 0.0586. The van der Waals surface area contributed by atoms with Crippen LogP contribution < -0.4 is 19.1 Å². The van der Waals surface area contributed by atoms with Crippen LogP contribution in [0.2, 0.25) is 0 Å². The second kappa shape index (κ2) is 14.3.